The summed E-state index contributed by atoms with van der Waals surface area (Å²) in [6.45, 7) is 2.09. The summed E-state index contributed by atoms with van der Waals surface area (Å²) < 4.78 is 10.9. The van der Waals surface area contributed by atoms with Crippen LogP contribution in [0.5, 0.6) is 5.75 Å². The van der Waals surface area contributed by atoms with Gasteiger partial charge in [0.15, 0.2) is 12.4 Å². The molecule has 1 aliphatic carbocycles. The number of para-hydroxylation sites is 1. The molecule has 1 aromatic heterocycles. The van der Waals surface area contributed by atoms with Gasteiger partial charge in [-0.2, -0.15) is 0 Å². The van der Waals surface area contributed by atoms with E-state index in [0.29, 0.717) is 37.1 Å². The molecular weight excluding hydrogens is 510 g/mol. The number of amides is 2. The first-order valence-electron chi connectivity index (χ1n) is 12.7. The summed E-state index contributed by atoms with van der Waals surface area (Å²) in [4.78, 5) is 37.3. The van der Waals surface area contributed by atoms with E-state index < -0.39 is 18.1 Å². The number of carbonyl (C=O) groups is 3. The van der Waals surface area contributed by atoms with E-state index in [0.717, 1.165) is 30.3 Å². The molecule has 0 aliphatic heterocycles. The number of nitrogens with one attached hydrogen (secondary N) is 3. The van der Waals surface area contributed by atoms with Gasteiger partial charge in [0.1, 0.15) is 16.9 Å². The third kappa shape index (κ3) is 7.19. The Morgan fingerprint density at radius 3 is 2.42 bits per heavy atom. The monoisotopic (exact) mass is 543 g/mol. The highest BCUT2D eigenvalue weighted by atomic mass is 35.5. The van der Waals surface area contributed by atoms with Gasteiger partial charge in [0.2, 0.25) is 5.91 Å². The molecule has 0 bridgehead atoms. The quantitative estimate of drug-likeness (QED) is 0.274. The maximum atomic E-state index is 13.6. The van der Waals surface area contributed by atoms with Gasteiger partial charge in [-0.25, -0.2) is 4.79 Å². The van der Waals surface area contributed by atoms with Crippen LogP contribution in [-0.2, 0) is 9.59 Å². The van der Waals surface area contributed by atoms with Gasteiger partial charge in [0.25, 0.3) is 5.91 Å². The Hall–Kier alpha value is -3.72. The number of fused-ring (bicyclic) bond motifs is 1. The first kappa shape index (κ1) is 28.8. The van der Waals surface area contributed by atoms with E-state index in [1.54, 1.807) is 30.3 Å². The van der Waals surface area contributed by atoms with Crippen LogP contribution < -0.4 is 20.7 Å². The number of aliphatic carboxylic acids is 1. The van der Waals surface area contributed by atoms with E-state index in [1.807, 2.05) is 31.2 Å². The molecule has 1 atom stereocenters. The lowest BCUT2D eigenvalue weighted by Gasteiger charge is -2.37. The average molecular weight is 544 g/mol. The van der Waals surface area contributed by atoms with Crippen molar-refractivity contribution in [2.75, 3.05) is 18.5 Å². The zero-order chi connectivity index (χ0) is 26.3. The highest BCUT2D eigenvalue weighted by Crippen LogP contribution is 2.30. The maximum Gasteiger partial charge on any atom is 0.341 e. The lowest BCUT2D eigenvalue weighted by Crippen LogP contribution is -2.61. The molecule has 2 amide bonds. The van der Waals surface area contributed by atoms with Crippen molar-refractivity contribution in [3.05, 3.63) is 60.4 Å². The second-order valence-electron chi connectivity index (χ2n) is 9.41. The summed E-state index contributed by atoms with van der Waals surface area (Å²) in [6, 6.07) is 15.9. The fraction of sp³-hybridized carbons (Fsp3) is 0.393. The molecule has 2 aromatic carbocycles. The van der Waals surface area contributed by atoms with Crippen molar-refractivity contribution in [1.29, 1.82) is 0 Å². The summed E-state index contributed by atoms with van der Waals surface area (Å²) >= 11 is 0. The van der Waals surface area contributed by atoms with Crippen molar-refractivity contribution >= 4 is 46.8 Å². The topological polar surface area (TPSA) is 130 Å². The lowest BCUT2D eigenvalue weighted by molar-refractivity contribution is -0.139. The molecular formula is C28H34ClN3O6. The number of hydrogen-bond acceptors (Lipinski definition) is 6. The summed E-state index contributed by atoms with van der Waals surface area (Å²) in [5.41, 5.74) is 0.472. The van der Waals surface area contributed by atoms with Crippen LogP contribution in [0.2, 0.25) is 0 Å². The molecule has 0 saturated heterocycles. The molecule has 9 nitrogen and oxygen atoms in total. The van der Waals surface area contributed by atoms with Crippen LogP contribution in [0, 0.1) is 0 Å². The summed E-state index contributed by atoms with van der Waals surface area (Å²) in [7, 11) is 0. The minimum absolute atomic E-state index is 0. The first-order valence-corrected chi connectivity index (χ1v) is 12.7. The first-order chi connectivity index (χ1) is 17.9. The number of furan rings is 1. The van der Waals surface area contributed by atoms with Crippen molar-refractivity contribution in [1.82, 2.24) is 10.6 Å². The van der Waals surface area contributed by atoms with E-state index in [-0.39, 0.29) is 36.0 Å². The van der Waals surface area contributed by atoms with Crippen LogP contribution in [-0.4, -0.2) is 47.6 Å². The standard InChI is InChI=1S/C28H33N3O6.ClH/c1-2-20(17-29-21-10-12-22(13-11-21)36-18-25(32)33)30-27(35)28(14-6-3-7-15-28)31-26(34)24-16-19-8-4-5-9-23(19)37-24;/h4-5,8-13,16,20,29H,2-3,6-7,14-15,17-18H2,1H3,(H,30,35)(H,31,34)(H,32,33);1H/t20-;/m0./s1. The van der Waals surface area contributed by atoms with Gasteiger partial charge < -0.3 is 30.2 Å². The van der Waals surface area contributed by atoms with E-state index in [1.165, 1.54) is 0 Å². The zero-order valence-electron chi connectivity index (χ0n) is 21.3. The lowest BCUT2D eigenvalue weighted by atomic mass is 9.80. The predicted molar refractivity (Wildman–Crippen MR) is 147 cm³/mol. The second kappa shape index (κ2) is 13.2. The number of ether oxygens (including phenoxy) is 1. The van der Waals surface area contributed by atoms with E-state index >= 15 is 0 Å². The van der Waals surface area contributed by atoms with E-state index in [4.69, 9.17) is 14.3 Å². The third-order valence-electron chi connectivity index (χ3n) is 6.74. The van der Waals surface area contributed by atoms with Gasteiger partial charge in [-0.3, -0.25) is 9.59 Å². The molecule has 0 radical (unpaired) electrons. The minimum Gasteiger partial charge on any atom is -0.482 e. The number of anilines is 1. The number of halogens is 1. The molecule has 204 valence electrons. The van der Waals surface area contributed by atoms with Gasteiger partial charge in [0.05, 0.1) is 0 Å². The van der Waals surface area contributed by atoms with Gasteiger partial charge in [0, 0.05) is 23.7 Å². The summed E-state index contributed by atoms with van der Waals surface area (Å²) in [5.74, 6) is -0.934. The van der Waals surface area contributed by atoms with E-state index in [9.17, 15) is 14.4 Å². The van der Waals surface area contributed by atoms with E-state index in [2.05, 4.69) is 16.0 Å². The van der Waals surface area contributed by atoms with Gasteiger partial charge in [-0.15, -0.1) is 12.4 Å². The van der Waals surface area contributed by atoms with Crippen LogP contribution in [0.1, 0.15) is 56.0 Å². The Labute approximate surface area is 227 Å². The highest BCUT2D eigenvalue weighted by Gasteiger charge is 2.42. The minimum atomic E-state index is -1.03. The van der Waals surface area contributed by atoms with Crippen LogP contribution in [0.15, 0.2) is 59.0 Å². The number of hydrogen-bond donors (Lipinski definition) is 4. The molecule has 4 rings (SSSR count). The molecule has 38 heavy (non-hydrogen) atoms. The van der Waals surface area contributed by atoms with Gasteiger partial charge >= 0.3 is 5.97 Å². The van der Waals surface area contributed by atoms with Crippen LogP contribution in [0.3, 0.4) is 0 Å². The Morgan fingerprint density at radius 1 is 1.05 bits per heavy atom. The smallest absolute Gasteiger partial charge is 0.341 e. The molecule has 10 heteroatoms. The number of carboxylic acids is 1. The summed E-state index contributed by atoms with van der Waals surface area (Å²) in [6.07, 6.45) is 4.60. The SMILES string of the molecule is CC[C@@H](CNc1ccc(OCC(=O)O)cc1)NC(=O)C1(NC(=O)c2cc3ccccc3o2)CCCCC1.Cl. The van der Waals surface area contributed by atoms with Gasteiger partial charge in [-0.1, -0.05) is 44.4 Å². The molecule has 1 fully saturated rings. The van der Waals surface area contributed by atoms with Crippen LogP contribution in [0.4, 0.5) is 5.69 Å². The van der Waals surface area contributed by atoms with Crippen molar-refractivity contribution in [3.63, 3.8) is 0 Å². The Kier molecular flexibility index (Phi) is 10.0. The Balaban J connectivity index is 0.00000400. The Bertz CT molecular complexity index is 1200. The molecule has 1 heterocycles. The molecule has 3 aromatic rings. The van der Waals surface area contributed by atoms with Crippen LogP contribution >= 0.6 is 12.4 Å². The number of carboxylic acid groups (broad SMARTS) is 1. The maximum absolute atomic E-state index is 13.6. The zero-order valence-corrected chi connectivity index (χ0v) is 22.1. The predicted octanol–water partition coefficient (Wildman–Crippen LogP) is 4.76. The highest BCUT2D eigenvalue weighted by molar-refractivity contribution is 6.00. The molecule has 4 N–H and O–H groups in total. The van der Waals surface area contributed by atoms with Crippen molar-refractivity contribution in [3.8, 4) is 5.75 Å². The van der Waals surface area contributed by atoms with Crippen molar-refractivity contribution < 1.29 is 28.6 Å². The van der Waals surface area contributed by atoms with Crippen molar-refractivity contribution in [2.24, 2.45) is 0 Å². The molecule has 0 unspecified atom stereocenters. The summed E-state index contributed by atoms with van der Waals surface area (Å²) in [5, 5.41) is 19.0. The van der Waals surface area contributed by atoms with Crippen LogP contribution in [0.25, 0.3) is 11.0 Å². The molecule has 1 saturated carbocycles. The third-order valence-corrected chi connectivity index (χ3v) is 6.74. The average Bonchev–Trinajstić information content (AvgIpc) is 3.35. The Morgan fingerprint density at radius 2 is 1.76 bits per heavy atom. The second-order valence-corrected chi connectivity index (χ2v) is 9.41. The number of benzene rings is 2. The number of carbonyl (C=O) groups excluding carboxylic acids is 2. The fourth-order valence-electron chi connectivity index (χ4n) is 4.61. The number of rotatable bonds is 11. The normalized spacial score (nSPS) is 15.1. The fourth-order valence-corrected chi connectivity index (χ4v) is 4.61. The van der Waals surface area contributed by atoms with Crippen molar-refractivity contribution in [2.45, 2.75) is 57.0 Å². The largest absolute Gasteiger partial charge is 0.482 e. The van der Waals surface area contributed by atoms with Gasteiger partial charge in [-0.05, 0) is 55.7 Å². The molecule has 0 spiro atoms. The molecule has 1 aliphatic rings.